The number of hydrogen-bond donors (Lipinski definition) is 2. The Kier molecular flexibility index (Phi) is 10.5. The Morgan fingerprint density at radius 3 is 2.58 bits per heavy atom. The average molecular weight is 180 g/mol. The molecule has 0 bridgehead atoms. The number of ether oxygens (including phenoxy) is 1. The zero-order valence-corrected chi connectivity index (χ0v) is 7.25. The van der Waals surface area contributed by atoms with Crippen LogP contribution in [0.2, 0.25) is 0 Å². The van der Waals surface area contributed by atoms with Gasteiger partial charge in [-0.2, -0.15) is 5.48 Å². The van der Waals surface area contributed by atoms with Gasteiger partial charge < -0.3 is 9.57 Å². The van der Waals surface area contributed by atoms with Gasteiger partial charge in [-0.3, -0.25) is 0 Å². The maximum Gasteiger partial charge on any atom is 0.108 e. The molecule has 0 radical (unpaired) electrons. The lowest BCUT2D eigenvalue weighted by molar-refractivity contribution is -0.339. The highest BCUT2D eigenvalue weighted by Gasteiger charge is 1.89. The summed E-state index contributed by atoms with van der Waals surface area (Å²) in [5.41, 5.74) is 2.53. The van der Waals surface area contributed by atoms with Crippen molar-refractivity contribution in [1.82, 2.24) is 5.48 Å². The highest BCUT2D eigenvalue weighted by Crippen LogP contribution is 1.78. The standard InChI is InChI=1S/C6H16N2O4/c1-2-8-12-11-6-4-9-3-5-10-7/h8H,2-7H2,1H3. The second kappa shape index (κ2) is 10.8. The minimum Gasteiger partial charge on any atom is -0.376 e. The lowest BCUT2D eigenvalue weighted by Gasteiger charge is -2.03. The topological polar surface area (TPSA) is 75.0 Å². The van der Waals surface area contributed by atoms with Gasteiger partial charge in [0.15, 0.2) is 0 Å². The number of hydroxylamine groups is 1. The van der Waals surface area contributed by atoms with Gasteiger partial charge in [-0.05, 0) is 0 Å². The zero-order valence-electron chi connectivity index (χ0n) is 7.25. The summed E-state index contributed by atoms with van der Waals surface area (Å²) in [4.78, 5) is 13.4. The Morgan fingerprint density at radius 2 is 1.92 bits per heavy atom. The summed E-state index contributed by atoms with van der Waals surface area (Å²) in [5, 5.41) is 0. The Morgan fingerprint density at radius 1 is 1.17 bits per heavy atom. The van der Waals surface area contributed by atoms with Crippen molar-refractivity contribution in [3.8, 4) is 0 Å². The van der Waals surface area contributed by atoms with Gasteiger partial charge in [-0.15, -0.1) is 4.99 Å². The molecule has 0 aromatic heterocycles. The maximum atomic E-state index is 5.02. The molecule has 0 aromatic carbocycles. The van der Waals surface area contributed by atoms with Crippen LogP contribution >= 0.6 is 0 Å². The summed E-state index contributed by atoms with van der Waals surface area (Å²) in [6.45, 7) is 4.27. The SMILES string of the molecule is CCNOOCCOCCON. The molecule has 0 amide bonds. The van der Waals surface area contributed by atoms with Gasteiger partial charge in [-0.25, -0.2) is 10.8 Å². The quantitative estimate of drug-likeness (QED) is 0.279. The van der Waals surface area contributed by atoms with Crippen LogP contribution < -0.4 is 11.4 Å². The highest BCUT2D eigenvalue weighted by atomic mass is 17.3. The molecule has 12 heavy (non-hydrogen) atoms. The molecule has 74 valence electrons. The average Bonchev–Trinajstić information content (AvgIpc) is 2.10. The fraction of sp³-hybridized carbons (Fsp3) is 1.00. The molecule has 3 N–H and O–H groups in total. The molecule has 6 nitrogen and oxygen atoms in total. The van der Waals surface area contributed by atoms with Crippen LogP contribution in [0, 0.1) is 0 Å². The number of rotatable bonds is 9. The fourth-order valence-electron chi connectivity index (χ4n) is 0.444. The van der Waals surface area contributed by atoms with Crippen LogP contribution in [0.5, 0.6) is 0 Å². The number of hydrogen-bond acceptors (Lipinski definition) is 6. The van der Waals surface area contributed by atoms with Gasteiger partial charge >= 0.3 is 0 Å². The second-order valence-corrected chi connectivity index (χ2v) is 1.89. The largest absolute Gasteiger partial charge is 0.376 e. The fourth-order valence-corrected chi connectivity index (χ4v) is 0.444. The smallest absolute Gasteiger partial charge is 0.108 e. The van der Waals surface area contributed by atoms with E-state index in [9.17, 15) is 0 Å². The molecule has 0 fully saturated rings. The van der Waals surface area contributed by atoms with E-state index in [-0.39, 0.29) is 0 Å². The van der Waals surface area contributed by atoms with E-state index in [1.807, 2.05) is 6.92 Å². The van der Waals surface area contributed by atoms with E-state index in [0.717, 1.165) is 0 Å². The Hall–Kier alpha value is -0.240. The number of nitrogens with one attached hydrogen (secondary N) is 1. The van der Waals surface area contributed by atoms with Crippen molar-refractivity contribution in [2.75, 3.05) is 33.0 Å². The molecule has 0 spiro atoms. The molecule has 0 saturated heterocycles. The van der Waals surface area contributed by atoms with E-state index in [4.69, 9.17) is 10.6 Å². The Bertz CT molecular complexity index is 73.9. The first kappa shape index (κ1) is 11.8. The Balaban J connectivity index is 2.73. The number of nitrogens with two attached hydrogens (primary N) is 1. The summed E-state index contributed by atoms with van der Waals surface area (Å²) >= 11 is 0. The first-order valence-electron chi connectivity index (χ1n) is 3.82. The molecule has 0 aromatic rings. The van der Waals surface area contributed by atoms with Crippen molar-refractivity contribution < 1.29 is 19.5 Å². The maximum absolute atomic E-state index is 5.02. The predicted octanol–water partition coefficient (Wildman–Crippen LogP) is -0.634. The predicted molar refractivity (Wildman–Crippen MR) is 41.7 cm³/mol. The summed E-state index contributed by atoms with van der Waals surface area (Å²) in [7, 11) is 0. The van der Waals surface area contributed by atoms with Crippen LogP contribution in [0.4, 0.5) is 0 Å². The molecule has 0 aliphatic carbocycles. The van der Waals surface area contributed by atoms with E-state index in [1.165, 1.54) is 0 Å². The molecular weight excluding hydrogens is 164 g/mol. The lowest BCUT2D eigenvalue weighted by Crippen LogP contribution is -2.17. The molecule has 0 rings (SSSR count). The van der Waals surface area contributed by atoms with E-state index in [0.29, 0.717) is 33.0 Å². The van der Waals surface area contributed by atoms with Crippen LogP contribution in [0.25, 0.3) is 0 Å². The van der Waals surface area contributed by atoms with Crippen LogP contribution in [0.1, 0.15) is 6.92 Å². The summed E-state index contributed by atoms with van der Waals surface area (Å²) < 4.78 is 5.02. The minimum absolute atomic E-state index is 0.373. The van der Waals surface area contributed by atoms with Crippen LogP contribution in [-0.2, 0) is 19.5 Å². The van der Waals surface area contributed by atoms with E-state index in [1.54, 1.807) is 0 Å². The molecular formula is C6H16N2O4. The Labute approximate surface area is 71.7 Å². The molecule has 6 heteroatoms. The van der Waals surface area contributed by atoms with Gasteiger partial charge in [0.2, 0.25) is 0 Å². The van der Waals surface area contributed by atoms with Crippen LogP contribution in [-0.4, -0.2) is 33.0 Å². The van der Waals surface area contributed by atoms with Gasteiger partial charge in [0.05, 0.1) is 19.8 Å². The molecule has 0 atom stereocenters. The van der Waals surface area contributed by atoms with E-state index < -0.39 is 0 Å². The van der Waals surface area contributed by atoms with Crippen molar-refractivity contribution in [3.63, 3.8) is 0 Å². The van der Waals surface area contributed by atoms with E-state index in [2.05, 4.69) is 20.2 Å². The molecule has 0 unspecified atom stereocenters. The third kappa shape index (κ3) is 9.76. The lowest BCUT2D eigenvalue weighted by atomic mass is 10.7. The summed E-state index contributed by atoms with van der Waals surface area (Å²) in [5.74, 6) is 4.76. The first-order valence-corrected chi connectivity index (χ1v) is 3.82. The monoisotopic (exact) mass is 180 g/mol. The van der Waals surface area contributed by atoms with Crippen molar-refractivity contribution in [2.24, 2.45) is 5.90 Å². The minimum atomic E-state index is 0.373. The molecule has 0 saturated carbocycles. The van der Waals surface area contributed by atoms with Crippen molar-refractivity contribution >= 4 is 0 Å². The van der Waals surface area contributed by atoms with E-state index >= 15 is 0 Å². The second-order valence-electron chi connectivity index (χ2n) is 1.89. The van der Waals surface area contributed by atoms with Gasteiger partial charge in [0.1, 0.15) is 6.61 Å². The van der Waals surface area contributed by atoms with Crippen molar-refractivity contribution in [1.29, 1.82) is 0 Å². The summed E-state index contributed by atoms with van der Waals surface area (Å²) in [6, 6.07) is 0. The molecule has 0 aliphatic heterocycles. The van der Waals surface area contributed by atoms with Gasteiger partial charge in [-0.1, -0.05) is 6.92 Å². The first-order chi connectivity index (χ1) is 5.91. The highest BCUT2D eigenvalue weighted by molar-refractivity contribution is 4.27. The summed E-state index contributed by atoms with van der Waals surface area (Å²) in [6.07, 6.45) is 0. The third-order valence-corrected chi connectivity index (χ3v) is 0.919. The van der Waals surface area contributed by atoms with Crippen LogP contribution in [0.3, 0.4) is 0 Å². The molecule has 0 aliphatic rings. The van der Waals surface area contributed by atoms with Crippen LogP contribution in [0.15, 0.2) is 0 Å². The van der Waals surface area contributed by atoms with Gasteiger partial charge in [0, 0.05) is 6.54 Å². The third-order valence-electron chi connectivity index (χ3n) is 0.919. The molecule has 0 heterocycles. The van der Waals surface area contributed by atoms with Crippen molar-refractivity contribution in [3.05, 3.63) is 0 Å². The van der Waals surface area contributed by atoms with Crippen molar-refractivity contribution in [2.45, 2.75) is 6.92 Å². The zero-order chi connectivity index (χ0) is 9.07. The van der Waals surface area contributed by atoms with Gasteiger partial charge in [0.25, 0.3) is 0 Å². The normalized spacial score (nSPS) is 10.5.